The van der Waals surface area contributed by atoms with Gasteiger partial charge in [-0.2, -0.15) is 13.2 Å². The lowest BCUT2D eigenvalue weighted by molar-refractivity contribution is -0.141. The smallest absolute Gasteiger partial charge is 0.314 e. The van der Waals surface area contributed by atoms with Crippen LogP contribution >= 0.6 is 12.4 Å². The molecule has 7 heteroatoms. The maximum Gasteiger partial charge on any atom is 0.433 e. The molecular formula is C11H15ClF3N3. The molecule has 0 aromatic carbocycles. The van der Waals surface area contributed by atoms with Gasteiger partial charge in [-0.15, -0.1) is 12.4 Å². The van der Waals surface area contributed by atoms with Crippen LogP contribution in [0.3, 0.4) is 0 Å². The summed E-state index contributed by atoms with van der Waals surface area (Å²) in [6, 6.07) is 2.54. The van der Waals surface area contributed by atoms with Crippen LogP contribution < -0.4 is 5.32 Å². The van der Waals surface area contributed by atoms with Gasteiger partial charge in [0.25, 0.3) is 0 Å². The van der Waals surface area contributed by atoms with Crippen molar-refractivity contribution in [2.45, 2.75) is 12.7 Å². The van der Waals surface area contributed by atoms with Crippen LogP contribution in [0.5, 0.6) is 0 Å². The van der Waals surface area contributed by atoms with Crippen molar-refractivity contribution in [1.82, 2.24) is 15.2 Å². The van der Waals surface area contributed by atoms with Crippen molar-refractivity contribution in [3.05, 3.63) is 29.6 Å². The lowest BCUT2D eigenvalue weighted by Gasteiger charge is -2.27. The molecule has 1 aliphatic heterocycles. The fourth-order valence-corrected chi connectivity index (χ4v) is 1.81. The lowest BCUT2D eigenvalue weighted by Crippen LogP contribution is -2.42. The summed E-state index contributed by atoms with van der Waals surface area (Å²) in [6.45, 7) is 4.34. The summed E-state index contributed by atoms with van der Waals surface area (Å²) >= 11 is 0. The lowest BCUT2D eigenvalue weighted by atomic mass is 10.2. The monoisotopic (exact) mass is 281 g/mol. The zero-order chi connectivity index (χ0) is 12.3. The largest absolute Gasteiger partial charge is 0.433 e. The second-order valence-electron chi connectivity index (χ2n) is 4.08. The fraction of sp³-hybridized carbons (Fsp3) is 0.545. The molecule has 0 saturated carbocycles. The minimum absolute atomic E-state index is 0. The van der Waals surface area contributed by atoms with Gasteiger partial charge in [-0.1, -0.05) is 6.07 Å². The molecule has 0 bridgehead atoms. The first-order chi connectivity index (χ1) is 8.05. The summed E-state index contributed by atoms with van der Waals surface area (Å²) in [5.74, 6) is 0. The molecule has 0 unspecified atom stereocenters. The van der Waals surface area contributed by atoms with E-state index in [1.807, 2.05) is 0 Å². The van der Waals surface area contributed by atoms with E-state index in [0.717, 1.165) is 37.8 Å². The molecule has 0 aliphatic carbocycles. The number of pyridine rings is 1. The molecule has 2 rings (SSSR count). The molecule has 18 heavy (non-hydrogen) atoms. The minimum atomic E-state index is -4.35. The molecule has 1 saturated heterocycles. The van der Waals surface area contributed by atoms with Gasteiger partial charge in [0.2, 0.25) is 0 Å². The van der Waals surface area contributed by atoms with Crippen LogP contribution in [0.2, 0.25) is 0 Å². The van der Waals surface area contributed by atoms with Crippen molar-refractivity contribution in [3.63, 3.8) is 0 Å². The average molecular weight is 282 g/mol. The average Bonchev–Trinajstić information content (AvgIpc) is 2.30. The van der Waals surface area contributed by atoms with Crippen molar-refractivity contribution in [1.29, 1.82) is 0 Å². The Morgan fingerprint density at radius 1 is 1.22 bits per heavy atom. The number of nitrogens with one attached hydrogen (secondary N) is 1. The number of nitrogens with zero attached hydrogens (tertiary/aromatic N) is 2. The fourth-order valence-electron chi connectivity index (χ4n) is 1.81. The molecule has 0 radical (unpaired) electrons. The van der Waals surface area contributed by atoms with Gasteiger partial charge in [-0.05, 0) is 11.6 Å². The Kier molecular flexibility index (Phi) is 5.37. The van der Waals surface area contributed by atoms with E-state index in [0.29, 0.717) is 6.54 Å². The van der Waals surface area contributed by atoms with Gasteiger partial charge in [0.1, 0.15) is 5.69 Å². The molecule has 1 aromatic heterocycles. The van der Waals surface area contributed by atoms with Crippen molar-refractivity contribution < 1.29 is 13.2 Å². The zero-order valence-corrected chi connectivity index (χ0v) is 10.5. The van der Waals surface area contributed by atoms with Crippen LogP contribution in [0.4, 0.5) is 13.2 Å². The summed E-state index contributed by atoms with van der Waals surface area (Å²) in [4.78, 5) is 5.64. The Hall–Kier alpha value is -0.850. The molecular weight excluding hydrogens is 267 g/mol. The highest BCUT2D eigenvalue weighted by Crippen LogP contribution is 2.27. The van der Waals surface area contributed by atoms with Crippen molar-refractivity contribution >= 4 is 12.4 Å². The van der Waals surface area contributed by atoms with E-state index in [1.165, 1.54) is 12.3 Å². The molecule has 2 heterocycles. The van der Waals surface area contributed by atoms with Gasteiger partial charge in [-0.3, -0.25) is 9.88 Å². The molecule has 1 fully saturated rings. The third kappa shape index (κ3) is 4.12. The Labute approximate surface area is 110 Å². The Morgan fingerprint density at radius 2 is 1.89 bits per heavy atom. The number of piperazine rings is 1. The summed E-state index contributed by atoms with van der Waals surface area (Å²) in [5, 5.41) is 3.22. The number of rotatable bonds is 2. The number of hydrogen-bond donors (Lipinski definition) is 1. The Balaban J connectivity index is 0.00000162. The van der Waals surface area contributed by atoms with Gasteiger partial charge in [0.05, 0.1) is 0 Å². The van der Waals surface area contributed by atoms with Crippen molar-refractivity contribution in [3.8, 4) is 0 Å². The second kappa shape index (κ2) is 6.36. The molecule has 0 spiro atoms. The van der Waals surface area contributed by atoms with E-state index in [9.17, 15) is 13.2 Å². The van der Waals surface area contributed by atoms with E-state index >= 15 is 0 Å². The van der Waals surface area contributed by atoms with Gasteiger partial charge in [-0.25, -0.2) is 0 Å². The molecule has 0 atom stereocenters. The summed E-state index contributed by atoms with van der Waals surface area (Å²) in [7, 11) is 0. The van der Waals surface area contributed by atoms with E-state index in [1.54, 1.807) is 0 Å². The molecule has 0 amide bonds. The van der Waals surface area contributed by atoms with Crippen LogP contribution in [0.15, 0.2) is 18.3 Å². The number of hydrogen-bond acceptors (Lipinski definition) is 3. The first-order valence-corrected chi connectivity index (χ1v) is 5.51. The number of aromatic nitrogens is 1. The van der Waals surface area contributed by atoms with Crippen LogP contribution in [-0.4, -0.2) is 36.1 Å². The quantitative estimate of drug-likeness (QED) is 0.898. The van der Waals surface area contributed by atoms with Gasteiger partial charge in [0.15, 0.2) is 0 Å². The van der Waals surface area contributed by atoms with Crippen LogP contribution in [0, 0.1) is 0 Å². The normalized spacial score (nSPS) is 17.3. The topological polar surface area (TPSA) is 28.2 Å². The number of alkyl halides is 3. The summed E-state index contributed by atoms with van der Waals surface area (Å²) < 4.78 is 36.9. The molecule has 1 N–H and O–H groups in total. The van der Waals surface area contributed by atoms with Crippen LogP contribution in [-0.2, 0) is 12.7 Å². The van der Waals surface area contributed by atoms with Crippen molar-refractivity contribution in [2.24, 2.45) is 0 Å². The minimum Gasteiger partial charge on any atom is -0.314 e. The highest BCUT2D eigenvalue weighted by atomic mass is 35.5. The summed E-state index contributed by atoms with van der Waals surface area (Å²) in [6.07, 6.45) is -3.04. The maximum atomic E-state index is 12.3. The van der Waals surface area contributed by atoms with Gasteiger partial charge < -0.3 is 5.32 Å². The molecule has 102 valence electrons. The van der Waals surface area contributed by atoms with Crippen LogP contribution in [0.1, 0.15) is 11.3 Å². The zero-order valence-electron chi connectivity index (χ0n) is 9.70. The molecule has 3 nitrogen and oxygen atoms in total. The molecule has 1 aliphatic rings. The third-order valence-electron chi connectivity index (χ3n) is 2.73. The first-order valence-electron chi connectivity index (χ1n) is 5.51. The third-order valence-corrected chi connectivity index (χ3v) is 2.73. The standard InChI is InChI=1S/C11H14F3N3.ClH/c12-11(13,14)10-2-1-9(7-16-10)8-17-5-3-15-4-6-17;/h1-2,7,15H,3-6,8H2;1H. The van der Waals surface area contributed by atoms with E-state index in [2.05, 4.69) is 15.2 Å². The highest BCUT2D eigenvalue weighted by molar-refractivity contribution is 5.85. The van der Waals surface area contributed by atoms with Crippen LogP contribution in [0.25, 0.3) is 0 Å². The van der Waals surface area contributed by atoms with E-state index < -0.39 is 11.9 Å². The SMILES string of the molecule is Cl.FC(F)(F)c1ccc(CN2CCNCC2)cn1. The predicted octanol–water partition coefficient (Wildman–Crippen LogP) is 1.93. The number of halogens is 4. The maximum absolute atomic E-state index is 12.3. The van der Waals surface area contributed by atoms with E-state index in [-0.39, 0.29) is 12.4 Å². The second-order valence-corrected chi connectivity index (χ2v) is 4.08. The molecule has 1 aromatic rings. The predicted molar refractivity (Wildman–Crippen MR) is 64.6 cm³/mol. The van der Waals surface area contributed by atoms with Gasteiger partial charge >= 0.3 is 6.18 Å². The Morgan fingerprint density at radius 3 is 2.39 bits per heavy atom. The first kappa shape index (κ1) is 15.2. The Bertz CT molecular complexity index is 361. The van der Waals surface area contributed by atoms with Crippen molar-refractivity contribution in [2.75, 3.05) is 26.2 Å². The van der Waals surface area contributed by atoms with Gasteiger partial charge in [0, 0.05) is 38.9 Å². The highest BCUT2D eigenvalue weighted by Gasteiger charge is 2.32. The summed E-state index contributed by atoms with van der Waals surface area (Å²) in [5.41, 5.74) is -0.0125. The van der Waals surface area contributed by atoms with E-state index in [4.69, 9.17) is 0 Å².